The fourth-order valence-electron chi connectivity index (χ4n) is 4.00. The SMILES string of the molecule is CS(=O)(=O)N1CCCC[C@@H]1C(=O)N(C[C@@H]1CCCO1)c1nc2c(F)cccc2s1. The number of sulfonamides is 1. The van der Waals surface area contributed by atoms with Crippen LogP contribution in [0.1, 0.15) is 32.1 Å². The lowest BCUT2D eigenvalue weighted by Crippen LogP contribution is -2.54. The van der Waals surface area contributed by atoms with Gasteiger partial charge in [-0.05, 0) is 37.8 Å². The first-order chi connectivity index (χ1) is 13.8. The molecule has 0 radical (unpaired) electrons. The molecule has 0 spiro atoms. The van der Waals surface area contributed by atoms with Crippen molar-refractivity contribution in [2.24, 2.45) is 0 Å². The number of hydrogen-bond donors (Lipinski definition) is 0. The van der Waals surface area contributed by atoms with E-state index in [9.17, 15) is 17.6 Å². The highest BCUT2D eigenvalue weighted by Crippen LogP contribution is 2.33. The van der Waals surface area contributed by atoms with Gasteiger partial charge in [0.25, 0.3) is 0 Å². The van der Waals surface area contributed by atoms with Gasteiger partial charge in [0, 0.05) is 13.2 Å². The van der Waals surface area contributed by atoms with Crippen LogP contribution in [0.2, 0.25) is 0 Å². The molecule has 2 aromatic rings. The highest BCUT2D eigenvalue weighted by molar-refractivity contribution is 7.88. The number of nitrogens with zero attached hydrogens (tertiary/aromatic N) is 3. The molecule has 4 rings (SSSR count). The van der Waals surface area contributed by atoms with Gasteiger partial charge in [-0.3, -0.25) is 9.69 Å². The summed E-state index contributed by atoms with van der Waals surface area (Å²) in [6, 6.07) is 3.94. The second kappa shape index (κ2) is 8.25. The number of anilines is 1. The zero-order valence-corrected chi connectivity index (χ0v) is 17.8. The summed E-state index contributed by atoms with van der Waals surface area (Å²) in [4.78, 5) is 19.4. The van der Waals surface area contributed by atoms with Crippen molar-refractivity contribution >= 4 is 42.6 Å². The first kappa shape index (κ1) is 20.6. The number of ether oxygens (including phenoxy) is 1. The van der Waals surface area contributed by atoms with Crippen LogP contribution in [-0.4, -0.2) is 61.7 Å². The zero-order valence-electron chi connectivity index (χ0n) is 16.2. The summed E-state index contributed by atoms with van der Waals surface area (Å²) in [5, 5.41) is 0.379. The topological polar surface area (TPSA) is 79.8 Å². The molecule has 0 bridgehead atoms. The first-order valence-corrected chi connectivity index (χ1v) is 12.5. The molecule has 0 saturated carbocycles. The number of hydrogen-bond acceptors (Lipinski definition) is 6. The number of amides is 1. The third-order valence-electron chi connectivity index (χ3n) is 5.43. The molecule has 3 heterocycles. The Kier molecular flexibility index (Phi) is 5.87. The smallest absolute Gasteiger partial charge is 0.247 e. The Morgan fingerprint density at radius 2 is 2.17 bits per heavy atom. The molecule has 1 aromatic heterocycles. The van der Waals surface area contributed by atoms with Crippen molar-refractivity contribution in [2.75, 3.05) is 30.9 Å². The van der Waals surface area contributed by atoms with E-state index in [1.54, 1.807) is 12.1 Å². The number of thiazole rings is 1. The predicted molar refractivity (Wildman–Crippen MR) is 110 cm³/mol. The summed E-state index contributed by atoms with van der Waals surface area (Å²) >= 11 is 1.23. The van der Waals surface area contributed by atoms with Gasteiger partial charge in [0.15, 0.2) is 5.13 Å². The summed E-state index contributed by atoms with van der Waals surface area (Å²) in [5.74, 6) is -0.755. The number of aromatic nitrogens is 1. The molecule has 2 fully saturated rings. The largest absolute Gasteiger partial charge is 0.376 e. The Hall–Kier alpha value is -1.62. The predicted octanol–water partition coefficient (Wildman–Crippen LogP) is 2.76. The summed E-state index contributed by atoms with van der Waals surface area (Å²) in [6.07, 6.45) is 4.72. The minimum atomic E-state index is -3.52. The van der Waals surface area contributed by atoms with Crippen molar-refractivity contribution in [3.8, 4) is 0 Å². The number of para-hydroxylation sites is 1. The van der Waals surface area contributed by atoms with Gasteiger partial charge in [-0.2, -0.15) is 4.31 Å². The normalized spacial score (nSPS) is 23.5. The molecule has 2 aliphatic rings. The maximum absolute atomic E-state index is 14.2. The number of carbonyl (C=O) groups is 1. The van der Waals surface area contributed by atoms with Crippen molar-refractivity contribution in [2.45, 2.75) is 44.2 Å². The minimum Gasteiger partial charge on any atom is -0.376 e. The maximum Gasteiger partial charge on any atom is 0.247 e. The van der Waals surface area contributed by atoms with Crippen LogP contribution < -0.4 is 4.90 Å². The highest BCUT2D eigenvalue weighted by atomic mass is 32.2. The first-order valence-electron chi connectivity index (χ1n) is 9.79. The molecule has 2 aliphatic heterocycles. The van der Waals surface area contributed by atoms with E-state index in [1.807, 2.05) is 0 Å². The molecule has 2 saturated heterocycles. The monoisotopic (exact) mass is 441 g/mol. The Morgan fingerprint density at radius 3 is 2.86 bits per heavy atom. The third kappa shape index (κ3) is 4.30. The van der Waals surface area contributed by atoms with Gasteiger partial charge >= 0.3 is 0 Å². The van der Waals surface area contributed by atoms with Crippen LogP contribution in [-0.2, 0) is 19.6 Å². The number of piperidine rings is 1. The van der Waals surface area contributed by atoms with Crippen molar-refractivity contribution in [1.29, 1.82) is 0 Å². The fraction of sp³-hybridized carbons (Fsp3) is 0.579. The Balaban J connectivity index is 1.70. The van der Waals surface area contributed by atoms with Gasteiger partial charge in [0.05, 0.1) is 23.6 Å². The number of benzene rings is 1. The lowest BCUT2D eigenvalue weighted by atomic mass is 10.0. The highest BCUT2D eigenvalue weighted by Gasteiger charge is 2.39. The van der Waals surface area contributed by atoms with Crippen molar-refractivity contribution in [3.63, 3.8) is 0 Å². The molecule has 7 nitrogen and oxygen atoms in total. The molecule has 0 N–H and O–H groups in total. The molecule has 29 heavy (non-hydrogen) atoms. The zero-order chi connectivity index (χ0) is 20.6. The van der Waals surface area contributed by atoms with E-state index < -0.39 is 21.9 Å². The average Bonchev–Trinajstić information content (AvgIpc) is 3.35. The fourth-order valence-corrected chi connectivity index (χ4v) is 6.11. The second-order valence-corrected chi connectivity index (χ2v) is 10.5. The van der Waals surface area contributed by atoms with Crippen LogP contribution in [0.15, 0.2) is 18.2 Å². The van der Waals surface area contributed by atoms with Crippen LogP contribution >= 0.6 is 11.3 Å². The van der Waals surface area contributed by atoms with E-state index in [4.69, 9.17) is 4.74 Å². The molecule has 0 unspecified atom stereocenters. The van der Waals surface area contributed by atoms with Crippen LogP contribution in [0, 0.1) is 5.82 Å². The number of fused-ring (bicyclic) bond motifs is 1. The lowest BCUT2D eigenvalue weighted by molar-refractivity contribution is -0.123. The van der Waals surface area contributed by atoms with E-state index in [0.29, 0.717) is 29.4 Å². The lowest BCUT2D eigenvalue weighted by Gasteiger charge is -2.35. The standard InChI is InChI=1S/C19H24FN3O4S2/c1-29(25,26)23-10-3-2-8-15(23)18(24)22(12-13-6-5-11-27-13)19-21-17-14(20)7-4-9-16(17)28-19/h4,7,9,13,15H,2-3,5-6,8,10-12H2,1H3/t13-,15+/m0/s1. The van der Waals surface area contributed by atoms with Crippen LogP contribution in [0.3, 0.4) is 0 Å². The van der Waals surface area contributed by atoms with E-state index >= 15 is 0 Å². The molecule has 10 heteroatoms. The Labute approximate surface area is 173 Å². The average molecular weight is 442 g/mol. The van der Waals surface area contributed by atoms with Gasteiger partial charge in [-0.15, -0.1) is 0 Å². The molecule has 1 amide bonds. The van der Waals surface area contributed by atoms with Gasteiger partial charge in [-0.1, -0.05) is 23.8 Å². The van der Waals surface area contributed by atoms with Crippen LogP contribution in [0.25, 0.3) is 10.2 Å². The summed E-state index contributed by atoms with van der Waals surface area (Å²) in [5.41, 5.74) is 0.223. The minimum absolute atomic E-state index is 0.133. The molecular formula is C19H24FN3O4S2. The van der Waals surface area contributed by atoms with Gasteiger partial charge in [0.2, 0.25) is 15.9 Å². The number of rotatable bonds is 5. The van der Waals surface area contributed by atoms with Crippen LogP contribution in [0.4, 0.5) is 9.52 Å². The van der Waals surface area contributed by atoms with Gasteiger partial charge in [0.1, 0.15) is 17.4 Å². The van der Waals surface area contributed by atoms with Gasteiger partial charge < -0.3 is 4.74 Å². The summed E-state index contributed by atoms with van der Waals surface area (Å²) in [7, 11) is -3.52. The second-order valence-electron chi connectivity index (χ2n) is 7.55. The molecule has 158 valence electrons. The van der Waals surface area contributed by atoms with Gasteiger partial charge in [-0.25, -0.2) is 17.8 Å². The quantitative estimate of drug-likeness (QED) is 0.713. The number of halogens is 1. The molecular weight excluding hydrogens is 417 g/mol. The summed E-state index contributed by atoms with van der Waals surface area (Å²) < 4.78 is 46.3. The third-order valence-corrected chi connectivity index (χ3v) is 7.76. The molecule has 0 aliphatic carbocycles. The summed E-state index contributed by atoms with van der Waals surface area (Å²) in [6.45, 7) is 1.26. The van der Waals surface area contributed by atoms with Crippen molar-refractivity contribution in [3.05, 3.63) is 24.0 Å². The Morgan fingerprint density at radius 1 is 1.34 bits per heavy atom. The van der Waals surface area contributed by atoms with E-state index in [2.05, 4.69) is 4.98 Å². The van der Waals surface area contributed by atoms with Crippen molar-refractivity contribution < 1.29 is 22.3 Å². The van der Waals surface area contributed by atoms with E-state index in [-0.39, 0.29) is 24.1 Å². The van der Waals surface area contributed by atoms with Crippen molar-refractivity contribution in [1.82, 2.24) is 9.29 Å². The number of carbonyl (C=O) groups excluding carboxylic acids is 1. The van der Waals surface area contributed by atoms with Crippen LogP contribution in [0.5, 0.6) is 0 Å². The Bertz CT molecular complexity index is 1000. The van der Waals surface area contributed by atoms with E-state index in [1.165, 1.54) is 26.6 Å². The maximum atomic E-state index is 14.2. The molecule has 2 atom stereocenters. The molecule has 1 aromatic carbocycles. The van der Waals surface area contributed by atoms with E-state index in [0.717, 1.165) is 31.9 Å².